The number of ether oxygens (including phenoxy) is 1. The van der Waals surface area contributed by atoms with E-state index in [1.54, 1.807) is 12.1 Å². The molecule has 5 nitrogen and oxygen atoms in total. The van der Waals surface area contributed by atoms with Crippen LogP contribution in [0.25, 0.3) is 0 Å². The second-order valence-electron chi connectivity index (χ2n) is 3.60. The lowest BCUT2D eigenvalue weighted by molar-refractivity contribution is 0.386. The van der Waals surface area contributed by atoms with Gasteiger partial charge >= 0.3 is 0 Å². The summed E-state index contributed by atoms with van der Waals surface area (Å²) in [6.45, 7) is 0. The molecule has 0 aliphatic carbocycles. The summed E-state index contributed by atoms with van der Waals surface area (Å²) in [5.74, 6) is 0.394. The highest BCUT2D eigenvalue weighted by atomic mass is 32.2. The van der Waals surface area contributed by atoms with E-state index in [2.05, 4.69) is 15.2 Å². The zero-order valence-corrected chi connectivity index (χ0v) is 10.6. The van der Waals surface area contributed by atoms with Crippen molar-refractivity contribution in [2.75, 3.05) is 12.9 Å². The molecule has 18 heavy (non-hydrogen) atoms. The molecule has 1 aromatic heterocycles. The van der Waals surface area contributed by atoms with Crippen molar-refractivity contribution in [2.24, 2.45) is 5.73 Å². The molecule has 0 spiro atoms. The highest BCUT2D eigenvalue weighted by Crippen LogP contribution is 2.24. The zero-order chi connectivity index (χ0) is 13.0. The van der Waals surface area contributed by atoms with Crippen LogP contribution in [-0.2, 0) is 0 Å². The molecule has 1 atom stereocenters. The lowest BCUT2D eigenvalue weighted by atomic mass is 10.1. The van der Waals surface area contributed by atoms with E-state index in [1.807, 2.05) is 0 Å². The van der Waals surface area contributed by atoms with Crippen LogP contribution in [-0.4, -0.2) is 28.0 Å². The van der Waals surface area contributed by atoms with Crippen LogP contribution in [0.5, 0.6) is 5.75 Å². The molecule has 3 N–H and O–H groups in total. The standard InChI is InChI=1S/C11H13FN4OS/c1-17-10-3-2-7(4-8(10)12)9(13)5-18-11-14-6-15-16-11/h2-4,6,9H,5,13H2,1H3,(H,14,15,16). The minimum atomic E-state index is -0.407. The first-order valence-corrected chi connectivity index (χ1v) is 6.26. The van der Waals surface area contributed by atoms with Gasteiger partial charge in [0.1, 0.15) is 6.33 Å². The fourth-order valence-corrected chi connectivity index (χ4v) is 2.21. The molecule has 2 aromatic rings. The van der Waals surface area contributed by atoms with Gasteiger partial charge < -0.3 is 10.5 Å². The van der Waals surface area contributed by atoms with Crippen LogP contribution in [0.15, 0.2) is 29.7 Å². The molecule has 96 valence electrons. The Labute approximate surface area is 108 Å². The van der Waals surface area contributed by atoms with E-state index in [0.29, 0.717) is 10.9 Å². The van der Waals surface area contributed by atoms with Crippen LogP contribution in [0, 0.1) is 5.82 Å². The number of methoxy groups -OCH3 is 1. The maximum atomic E-state index is 13.5. The summed E-state index contributed by atoms with van der Waals surface area (Å²) in [5.41, 5.74) is 6.70. The van der Waals surface area contributed by atoms with Crippen molar-refractivity contribution in [3.8, 4) is 5.75 Å². The molecule has 0 radical (unpaired) electrons. The monoisotopic (exact) mass is 268 g/mol. The third kappa shape index (κ3) is 2.99. The number of nitrogens with zero attached hydrogens (tertiary/aromatic N) is 2. The maximum absolute atomic E-state index is 13.5. The Morgan fingerprint density at radius 1 is 1.56 bits per heavy atom. The Morgan fingerprint density at radius 3 is 3.00 bits per heavy atom. The van der Waals surface area contributed by atoms with Crippen molar-refractivity contribution >= 4 is 11.8 Å². The molecule has 0 bridgehead atoms. The number of hydrogen-bond acceptors (Lipinski definition) is 5. The van der Waals surface area contributed by atoms with Crippen LogP contribution >= 0.6 is 11.8 Å². The smallest absolute Gasteiger partial charge is 0.183 e. The average molecular weight is 268 g/mol. The van der Waals surface area contributed by atoms with Gasteiger partial charge in [-0.15, -0.1) is 0 Å². The van der Waals surface area contributed by atoms with Crippen molar-refractivity contribution in [3.05, 3.63) is 35.9 Å². The van der Waals surface area contributed by atoms with E-state index < -0.39 is 5.82 Å². The molecular weight excluding hydrogens is 255 g/mol. The summed E-state index contributed by atoms with van der Waals surface area (Å²) >= 11 is 1.44. The molecule has 0 aliphatic rings. The van der Waals surface area contributed by atoms with Gasteiger partial charge in [-0.2, -0.15) is 5.10 Å². The van der Waals surface area contributed by atoms with E-state index >= 15 is 0 Å². The lowest BCUT2D eigenvalue weighted by Crippen LogP contribution is -2.13. The van der Waals surface area contributed by atoms with E-state index in [1.165, 1.54) is 31.3 Å². The van der Waals surface area contributed by atoms with Crippen molar-refractivity contribution < 1.29 is 9.13 Å². The summed E-state index contributed by atoms with van der Waals surface area (Å²) < 4.78 is 18.4. The quantitative estimate of drug-likeness (QED) is 0.808. The minimum Gasteiger partial charge on any atom is -0.494 e. The summed E-state index contributed by atoms with van der Waals surface area (Å²) in [5, 5.41) is 7.16. The van der Waals surface area contributed by atoms with Crippen LogP contribution in [0.2, 0.25) is 0 Å². The maximum Gasteiger partial charge on any atom is 0.183 e. The van der Waals surface area contributed by atoms with E-state index in [4.69, 9.17) is 10.5 Å². The first-order valence-electron chi connectivity index (χ1n) is 5.28. The van der Waals surface area contributed by atoms with Crippen molar-refractivity contribution in [2.45, 2.75) is 11.2 Å². The van der Waals surface area contributed by atoms with Gasteiger partial charge in [0, 0.05) is 11.8 Å². The van der Waals surface area contributed by atoms with Gasteiger partial charge in [0.15, 0.2) is 16.7 Å². The number of halogens is 1. The summed E-state index contributed by atoms with van der Waals surface area (Å²) in [4.78, 5) is 3.97. The van der Waals surface area contributed by atoms with Crippen LogP contribution in [0.3, 0.4) is 0 Å². The zero-order valence-electron chi connectivity index (χ0n) is 9.76. The number of thioether (sulfide) groups is 1. The number of H-pyrrole nitrogens is 1. The molecule has 0 saturated heterocycles. The second kappa shape index (κ2) is 5.83. The van der Waals surface area contributed by atoms with Gasteiger partial charge in [-0.25, -0.2) is 9.37 Å². The Kier molecular flexibility index (Phi) is 4.16. The third-order valence-electron chi connectivity index (χ3n) is 2.40. The molecule has 2 rings (SSSR count). The molecule has 1 aromatic carbocycles. The molecule has 0 aliphatic heterocycles. The SMILES string of the molecule is COc1ccc(C(N)CSc2ncn[nH]2)cc1F. The molecule has 1 heterocycles. The number of aromatic amines is 1. The molecule has 0 fully saturated rings. The topological polar surface area (TPSA) is 76.8 Å². The molecule has 0 amide bonds. The van der Waals surface area contributed by atoms with Crippen LogP contribution in [0.4, 0.5) is 4.39 Å². The van der Waals surface area contributed by atoms with Gasteiger partial charge in [0.2, 0.25) is 0 Å². The number of nitrogens with two attached hydrogens (primary N) is 1. The fraction of sp³-hybridized carbons (Fsp3) is 0.273. The number of rotatable bonds is 5. The van der Waals surface area contributed by atoms with Crippen LogP contribution in [0.1, 0.15) is 11.6 Å². The Hall–Kier alpha value is -1.60. The van der Waals surface area contributed by atoms with Gasteiger partial charge in [-0.05, 0) is 17.7 Å². The predicted molar refractivity (Wildman–Crippen MR) is 67.0 cm³/mol. The number of aromatic nitrogens is 3. The molecule has 1 unspecified atom stereocenters. The van der Waals surface area contributed by atoms with E-state index in [9.17, 15) is 4.39 Å². The average Bonchev–Trinajstić information content (AvgIpc) is 2.89. The Morgan fingerprint density at radius 2 is 2.39 bits per heavy atom. The number of hydrogen-bond donors (Lipinski definition) is 2. The summed E-state index contributed by atoms with van der Waals surface area (Å²) in [6, 6.07) is 4.45. The van der Waals surface area contributed by atoms with Crippen LogP contribution < -0.4 is 10.5 Å². The number of benzene rings is 1. The van der Waals surface area contributed by atoms with Gasteiger partial charge in [-0.1, -0.05) is 17.8 Å². The highest BCUT2D eigenvalue weighted by molar-refractivity contribution is 7.99. The van der Waals surface area contributed by atoms with Gasteiger partial charge in [-0.3, -0.25) is 5.10 Å². The predicted octanol–water partition coefficient (Wildman–Crippen LogP) is 1.74. The molecule has 7 heteroatoms. The second-order valence-corrected chi connectivity index (χ2v) is 4.61. The number of nitrogens with one attached hydrogen (secondary N) is 1. The fourth-order valence-electron chi connectivity index (χ4n) is 1.44. The van der Waals surface area contributed by atoms with Gasteiger partial charge in [0.05, 0.1) is 7.11 Å². The summed E-state index contributed by atoms with van der Waals surface area (Å²) in [7, 11) is 1.43. The molecule has 0 saturated carbocycles. The minimum absolute atomic E-state index is 0.217. The molecular formula is C11H13FN4OS. The van der Waals surface area contributed by atoms with Crippen molar-refractivity contribution in [1.82, 2.24) is 15.2 Å². The lowest BCUT2D eigenvalue weighted by Gasteiger charge is -2.11. The third-order valence-corrected chi connectivity index (χ3v) is 3.39. The van der Waals surface area contributed by atoms with E-state index in [0.717, 1.165) is 5.56 Å². The Bertz CT molecular complexity index is 506. The Balaban J connectivity index is 2.00. The first-order chi connectivity index (χ1) is 8.70. The van der Waals surface area contributed by atoms with Crippen molar-refractivity contribution in [1.29, 1.82) is 0 Å². The summed E-state index contributed by atoms with van der Waals surface area (Å²) in [6.07, 6.45) is 1.43. The first kappa shape index (κ1) is 12.8. The van der Waals surface area contributed by atoms with Crippen molar-refractivity contribution in [3.63, 3.8) is 0 Å². The largest absolute Gasteiger partial charge is 0.494 e. The highest BCUT2D eigenvalue weighted by Gasteiger charge is 2.11. The van der Waals surface area contributed by atoms with Gasteiger partial charge in [0.25, 0.3) is 0 Å². The normalized spacial score (nSPS) is 12.4. The van der Waals surface area contributed by atoms with E-state index in [-0.39, 0.29) is 11.8 Å².